The van der Waals surface area contributed by atoms with Gasteiger partial charge in [-0.05, 0) is 34.9 Å². The Balaban J connectivity index is 1.64. The Bertz CT molecular complexity index is 489. The molecular weight excluding hydrogens is 226 g/mol. The van der Waals surface area contributed by atoms with Crippen LogP contribution in [0.1, 0.15) is 25.7 Å². The number of rotatable bonds is 5. The van der Waals surface area contributed by atoms with E-state index in [0.29, 0.717) is 0 Å². The summed E-state index contributed by atoms with van der Waals surface area (Å²) in [5.74, 6) is 1.62. The molecule has 0 aliphatic heterocycles. The normalized spacial score (nSPS) is 15.3. The summed E-state index contributed by atoms with van der Waals surface area (Å²) in [5.41, 5.74) is 0.980. The molecule has 1 aromatic heterocycles. The van der Waals surface area contributed by atoms with Gasteiger partial charge in [-0.2, -0.15) is 4.68 Å². The lowest BCUT2D eigenvalue weighted by atomic mass is 9.83. The molecule has 2 aromatic rings. The van der Waals surface area contributed by atoms with Crippen LogP contribution in [0.15, 0.2) is 30.3 Å². The summed E-state index contributed by atoms with van der Waals surface area (Å²) in [6.45, 7) is 0.942. The maximum Gasteiger partial charge on any atom is 0.247 e. The molecule has 1 fully saturated rings. The van der Waals surface area contributed by atoms with Crippen LogP contribution in [0.5, 0.6) is 0 Å². The number of anilines is 1. The lowest BCUT2D eigenvalue weighted by Crippen LogP contribution is -2.17. The van der Waals surface area contributed by atoms with E-state index < -0.39 is 0 Å². The van der Waals surface area contributed by atoms with Gasteiger partial charge in [-0.1, -0.05) is 42.6 Å². The molecule has 0 bridgehead atoms. The third-order valence-electron chi connectivity index (χ3n) is 3.53. The monoisotopic (exact) mass is 243 g/mol. The third kappa shape index (κ3) is 2.34. The van der Waals surface area contributed by atoms with Crippen LogP contribution >= 0.6 is 0 Å². The fraction of sp³-hybridized carbons (Fsp3) is 0.462. The lowest BCUT2D eigenvalue weighted by Gasteiger charge is -2.25. The van der Waals surface area contributed by atoms with Crippen LogP contribution in [0.2, 0.25) is 0 Å². The van der Waals surface area contributed by atoms with Crippen LogP contribution in [0.3, 0.4) is 0 Å². The van der Waals surface area contributed by atoms with Crippen LogP contribution in [0.25, 0.3) is 5.69 Å². The summed E-state index contributed by atoms with van der Waals surface area (Å²) in [4.78, 5) is 0. The number of nitrogens with zero attached hydrogens (tertiary/aromatic N) is 4. The minimum Gasteiger partial charge on any atom is -0.353 e. The van der Waals surface area contributed by atoms with Crippen molar-refractivity contribution in [1.82, 2.24) is 20.2 Å². The number of para-hydroxylation sites is 1. The Morgan fingerprint density at radius 2 is 2.06 bits per heavy atom. The summed E-state index contributed by atoms with van der Waals surface area (Å²) >= 11 is 0. The van der Waals surface area contributed by atoms with E-state index in [9.17, 15) is 0 Å². The molecule has 1 saturated carbocycles. The van der Waals surface area contributed by atoms with Crippen molar-refractivity contribution in [2.45, 2.75) is 25.7 Å². The highest BCUT2D eigenvalue weighted by Gasteiger charge is 2.17. The van der Waals surface area contributed by atoms with Gasteiger partial charge in [0.2, 0.25) is 5.95 Å². The van der Waals surface area contributed by atoms with Crippen molar-refractivity contribution in [3.8, 4) is 5.69 Å². The molecule has 5 nitrogen and oxygen atoms in total. The van der Waals surface area contributed by atoms with Crippen molar-refractivity contribution in [2.24, 2.45) is 5.92 Å². The Morgan fingerprint density at radius 3 is 2.78 bits per heavy atom. The van der Waals surface area contributed by atoms with Crippen molar-refractivity contribution < 1.29 is 0 Å². The Labute approximate surface area is 106 Å². The van der Waals surface area contributed by atoms with E-state index in [1.165, 1.54) is 25.7 Å². The molecule has 1 aromatic carbocycles. The number of hydrogen-bond acceptors (Lipinski definition) is 4. The highest BCUT2D eigenvalue weighted by atomic mass is 15.6. The van der Waals surface area contributed by atoms with Gasteiger partial charge in [-0.3, -0.25) is 0 Å². The van der Waals surface area contributed by atoms with Crippen LogP contribution < -0.4 is 5.32 Å². The van der Waals surface area contributed by atoms with Gasteiger partial charge in [0.25, 0.3) is 0 Å². The molecule has 18 heavy (non-hydrogen) atoms. The SMILES string of the molecule is c1ccc(-n2nnnc2NCCC2CCC2)cc1. The molecular formula is C13H17N5. The van der Waals surface area contributed by atoms with Crippen molar-refractivity contribution >= 4 is 5.95 Å². The fourth-order valence-corrected chi connectivity index (χ4v) is 2.21. The van der Waals surface area contributed by atoms with Gasteiger partial charge < -0.3 is 5.32 Å². The van der Waals surface area contributed by atoms with Gasteiger partial charge in [-0.15, -0.1) is 0 Å². The third-order valence-corrected chi connectivity index (χ3v) is 3.53. The standard InChI is InChI=1S/C13H17N5/c1-2-7-12(8-3-1)18-13(15-16-17-18)14-10-9-11-5-4-6-11/h1-3,7-8,11H,4-6,9-10H2,(H,14,15,17). The number of tetrazole rings is 1. The summed E-state index contributed by atoms with van der Waals surface area (Å²) in [7, 11) is 0. The molecule has 94 valence electrons. The summed E-state index contributed by atoms with van der Waals surface area (Å²) in [5, 5.41) is 15.1. The predicted molar refractivity (Wildman–Crippen MR) is 69.6 cm³/mol. The molecule has 0 spiro atoms. The molecule has 0 unspecified atom stereocenters. The number of hydrogen-bond donors (Lipinski definition) is 1. The molecule has 0 atom stereocenters. The molecule has 1 heterocycles. The van der Waals surface area contributed by atoms with E-state index in [2.05, 4.69) is 20.8 Å². The van der Waals surface area contributed by atoms with E-state index in [4.69, 9.17) is 0 Å². The summed E-state index contributed by atoms with van der Waals surface area (Å²) in [6.07, 6.45) is 5.37. The Hall–Kier alpha value is -1.91. The van der Waals surface area contributed by atoms with E-state index in [1.54, 1.807) is 4.68 Å². The number of aromatic nitrogens is 4. The van der Waals surface area contributed by atoms with E-state index >= 15 is 0 Å². The average molecular weight is 243 g/mol. The molecule has 5 heteroatoms. The largest absolute Gasteiger partial charge is 0.353 e. The van der Waals surface area contributed by atoms with Gasteiger partial charge >= 0.3 is 0 Å². The summed E-state index contributed by atoms with van der Waals surface area (Å²) in [6, 6.07) is 9.93. The maximum absolute atomic E-state index is 4.02. The highest BCUT2D eigenvalue weighted by Crippen LogP contribution is 2.29. The number of nitrogens with one attached hydrogen (secondary N) is 1. The predicted octanol–water partition coefficient (Wildman–Crippen LogP) is 2.26. The van der Waals surface area contributed by atoms with Gasteiger partial charge in [-0.25, -0.2) is 0 Å². The molecule has 3 rings (SSSR count). The highest BCUT2D eigenvalue weighted by molar-refractivity contribution is 5.38. The molecule has 0 radical (unpaired) electrons. The smallest absolute Gasteiger partial charge is 0.247 e. The van der Waals surface area contributed by atoms with Crippen molar-refractivity contribution in [3.05, 3.63) is 30.3 Å². The minimum absolute atomic E-state index is 0.723. The second-order valence-corrected chi connectivity index (χ2v) is 4.76. The maximum atomic E-state index is 4.02. The van der Waals surface area contributed by atoms with Crippen molar-refractivity contribution in [2.75, 3.05) is 11.9 Å². The topological polar surface area (TPSA) is 55.6 Å². The fourth-order valence-electron chi connectivity index (χ4n) is 2.21. The van der Waals surface area contributed by atoms with E-state index in [-0.39, 0.29) is 0 Å². The second kappa shape index (κ2) is 5.16. The molecule has 1 aliphatic carbocycles. The van der Waals surface area contributed by atoms with Crippen LogP contribution in [-0.2, 0) is 0 Å². The second-order valence-electron chi connectivity index (χ2n) is 4.76. The summed E-state index contributed by atoms with van der Waals surface area (Å²) < 4.78 is 1.74. The molecule has 0 saturated heterocycles. The van der Waals surface area contributed by atoms with E-state index in [0.717, 1.165) is 24.1 Å². The van der Waals surface area contributed by atoms with E-state index in [1.807, 2.05) is 30.3 Å². The Morgan fingerprint density at radius 1 is 1.22 bits per heavy atom. The number of benzene rings is 1. The zero-order valence-electron chi connectivity index (χ0n) is 10.3. The molecule has 0 amide bonds. The minimum atomic E-state index is 0.723. The lowest BCUT2D eigenvalue weighted by molar-refractivity contribution is 0.302. The molecule has 1 N–H and O–H groups in total. The van der Waals surface area contributed by atoms with Crippen LogP contribution in [0.4, 0.5) is 5.95 Å². The first-order valence-corrected chi connectivity index (χ1v) is 6.51. The van der Waals surface area contributed by atoms with Crippen molar-refractivity contribution in [3.63, 3.8) is 0 Å². The van der Waals surface area contributed by atoms with Crippen molar-refractivity contribution in [1.29, 1.82) is 0 Å². The van der Waals surface area contributed by atoms with Gasteiger partial charge in [0.05, 0.1) is 5.69 Å². The van der Waals surface area contributed by atoms with Crippen LogP contribution in [-0.4, -0.2) is 26.8 Å². The first-order chi connectivity index (χ1) is 8.93. The van der Waals surface area contributed by atoms with Gasteiger partial charge in [0.15, 0.2) is 0 Å². The van der Waals surface area contributed by atoms with Gasteiger partial charge in [0, 0.05) is 6.54 Å². The first-order valence-electron chi connectivity index (χ1n) is 6.51. The molecule has 1 aliphatic rings. The average Bonchev–Trinajstić information content (AvgIpc) is 2.82. The zero-order chi connectivity index (χ0) is 12.2. The Kier molecular flexibility index (Phi) is 3.21. The first kappa shape index (κ1) is 11.2. The zero-order valence-corrected chi connectivity index (χ0v) is 10.3. The van der Waals surface area contributed by atoms with Gasteiger partial charge in [0.1, 0.15) is 0 Å². The van der Waals surface area contributed by atoms with Crippen LogP contribution in [0, 0.1) is 5.92 Å². The quantitative estimate of drug-likeness (QED) is 0.875.